The van der Waals surface area contributed by atoms with Gasteiger partial charge >= 0.3 is 0 Å². The minimum absolute atomic E-state index is 0.390. The first kappa shape index (κ1) is 17.4. The van der Waals surface area contributed by atoms with Crippen LogP contribution in [0.2, 0.25) is 0 Å². The molecule has 0 fully saturated rings. The number of nitriles is 1. The van der Waals surface area contributed by atoms with Gasteiger partial charge in [-0.15, -0.1) is 0 Å². The van der Waals surface area contributed by atoms with Gasteiger partial charge in [0, 0.05) is 12.1 Å². The van der Waals surface area contributed by atoms with Gasteiger partial charge in [0.15, 0.2) is 11.7 Å². The van der Waals surface area contributed by atoms with Crippen LogP contribution in [-0.4, -0.2) is 18.2 Å². The molecular weight excluding hydrogens is 300 g/mol. The van der Waals surface area contributed by atoms with Crippen molar-refractivity contribution in [1.82, 2.24) is 5.32 Å². The van der Waals surface area contributed by atoms with Crippen LogP contribution in [0.1, 0.15) is 27.0 Å². The molecule has 1 N–H and O–H groups in total. The summed E-state index contributed by atoms with van der Waals surface area (Å²) in [7, 11) is 0. The predicted octanol–water partition coefficient (Wildman–Crippen LogP) is 2.98. The van der Waals surface area contributed by atoms with E-state index in [1.54, 1.807) is 12.1 Å². The lowest BCUT2D eigenvalue weighted by molar-refractivity contribution is -0.122. The Morgan fingerprint density at radius 3 is 2.46 bits per heavy atom. The fourth-order valence-corrected chi connectivity index (χ4v) is 2.49. The van der Waals surface area contributed by atoms with Crippen molar-refractivity contribution in [3.63, 3.8) is 0 Å². The van der Waals surface area contributed by atoms with Crippen LogP contribution in [0.4, 0.5) is 0 Å². The molecule has 4 nitrogen and oxygen atoms in total. The maximum atomic E-state index is 12.5. The molecule has 0 aliphatic heterocycles. The summed E-state index contributed by atoms with van der Waals surface area (Å²) in [6, 6.07) is 16.9. The zero-order valence-corrected chi connectivity index (χ0v) is 13.9. The number of rotatable bonds is 6. The molecule has 1 atom stereocenters. The molecule has 122 valence electrons. The van der Waals surface area contributed by atoms with E-state index in [-0.39, 0.29) is 0 Å². The largest absolute Gasteiger partial charge is 0.354 e. The van der Waals surface area contributed by atoms with Crippen molar-refractivity contribution in [2.24, 2.45) is 5.92 Å². The lowest BCUT2D eigenvalue weighted by Gasteiger charge is -2.12. The molecule has 0 saturated heterocycles. The van der Waals surface area contributed by atoms with Crippen LogP contribution in [0, 0.1) is 31.1 Å². The zero-order chi connectivity index (χ0) is 17.5. The number of hydrogen-bond donors (Lipinski definition) is 1. The van der Waals surface area contributed by atoms with Crippen LogP contribution >= 0.6 is 0 Å². The van der Waals surface area contributed by atoms with Crippen LogP contribution in [0.3, 0.4) is 0 Å². The number of carbonyl (C=O) groups is 2. The Balaban J connectivity index is 2.02. The fraction of sp³-hybridized carbons (Fsp3) is 0.250. The highest BCUT2D eigenvalue weighted by molar-refractivity contribution is 6.12. The second-order valence-electron chi connectivity index (χ2n) is 5.70. The number of amides is 1. The molecule has 0 heterocycles. The van der Waals surface area contributed by atoms with E-state index in [0.717, 1.165) is 16.7 Å². The highest BCUT2D eigenvalue weighted by atomic mass is 16.2. The molecule has 0 aromatic heterocycles. The summed E-state index contributed by atoms with van der Waals surface area (Å²) in [5, 5.41) is 12.0. The summed E-state index contributed by atoms with van der Waals surface area (Å²) >= 11 is 0. The summed E-state index contributed by atoms with van der Waals surface area (Å²) in [6.07, 6.45) is 0.655. The minimum atomic E-state index is -1.32. The summed E-state index contributed by atoms with van der Waals surface area (Å²) in [6.45, 7) is 4.11. The van der Waals surface area contributed by atoms with Crippen LogP contribution in [0.5, 0.6) is 0 Å². The highest BCUT2D eigenvalue weighted by Crippen LogP contribution is 2.17. The first-order chi connectivity index (χ1) is 11.5. The quantitative estimate of drug-likeness (QED) is 0.657. The Morgan fingerprint density at radius 2 is 1.79 bits per heavy atom. The Morgan fingerprint density at radius 1 is 1.08 bits per heavy atom. The van der Waals surface area contributed by atoms with Crippen molar-refractivity contribution in [3.8, 4) is 6.07 Å². The fourth-order valence-electron chi connectivity index (χ4n) is 2.49. The number of nitrogens with one attached hydrogen (secondary N) is 1. The zero-order valence-electron chi connectivity index (χ0n) is 13.9. The van der Waals surface area contributed by atoms with Crippen molar-refractivity contribution >= 4 is 11.7 Å². The van der Waals surface area contributed by atoms with Gasteiger partial charge in [-0.1, -0.05) is 48.5 Å². The predicted molar refractivity (Wildman–Crippen MR) is 92.5 cm³/mol. The molecule has 2 aromatic carbocycles. The monoisotopic (exact) mass is 320 g/mol. The maximum absolute atomic E-state index is 12.5. The smallest absolute Gasteiger partial charge is 0.245 e. The minimum Gasteiger partial charge on any atom is -0.354 e. The summed E-state index contributed by atoms with van der Waals surface area (Å²) < 4.78 is 0. The topological polar surface area (TPSA) is 70.0 Å². The molecule has 2 rings (SSSR count). The number of nitrogens with zero attached hydrogens (tertiary/aromatic N) is 1. The SMILES string of the molecule is Cc1cccc(C(=O)[C@@H](C#N)C(=O)NCCc2ccccc2)c1C. The first-order valence-electron chi connectivity index (χ1n) is 7.86. The number of aryl methyl sites for hydroxylation is 1. The van der Waals surface area contributed by atoms with Crippen molar-refractivity contribution in [1.29, 1.82) is 5.26 Å². The highest BCUT2D eigenvalue weighted by Gasteiger charge is 2.28. The Labute approximate surface area is 142 Å². The number of benzene rings is 2. The van der Waals surface area contributed by atoms with E-state index in [1.165, 1.54) is 0 Å². The summed E-state index contributed by atoms with van der Waals surface area (Å²) in [4.78, 5) is 24.8. The second-order valence-corrected chi connectivity index (χ2v) is 5.70. The third kappa shape index (κ3) is 4.08. The van der Waals surface area contributed by atoms with Crippen molar-refractivity contribution in [2.75, 3.05) is 6.54 Å². The van der Waals surface area contributed by atoms with Crippen LogP contribution in [-0.2, 0) is 11.2 Å². The molecule has 0 aliphatic carbocycles. The Hall–Kier alpha value is -2.93. The molecule has 24 heavy (non-hydrogen) atoms. The Kier molecular flexibility index (Phi) is 5.86. The number of Topliss-reactive ketones (excluding diaryl/α,β-unsaturated/α-hetero) is 1. The molecule has 0 aliphatic rings. The van der Waals surface area contributed by atoms with Gasteiger partial charge in [0.05, 0.1) is 6.07 Å². The number of carbonyl (C=O) groups excluding carboxylic acids is 2. The molecule has 0 bridgehead atoms. The lowest BCUT2D eigenvalue weighted by atomic mass is 9.92. The third-order valence-corrected chi connectivity index (χ3v) is 4.08. The van der Waals surface area contributed by atoms with Crippen LogP contribution in [0.15, 0.2) is 48.5 Å². The van der Waals surface area contributed by atoms with E-state index in [0.29, 0.717) is 18.5 Å². The average molecular weight is 320 g/mol. The number of ketones is 1. The summed E-state index contributed by atoms with van der Waals surface area (Å²) in [5.74, 6) is -2.31. The van der Waals surface area contributed by atoms with Gasteiger partial charge in [0.25, 0.3) is 0 Å². The van der Waals surface area contributed by atoms with Gasteiger partial charge in [-0.05, 0) is 37.0 Å². The average Bonchev–Trinajstić information content (AvgIpc) is 2.59. The molecule has 0 unspecified atom stereocenters. The van der Waals surface area contributed by atoms with Crippen molar-refractivity contribution < 1.29 is 9.59 Å². The lowest BCUT2D eigenvalue weighted by Crippen LogP contribution is -2.36. The van der Waals surface area contributed by atoms with Gasteiger partial charge in [0.1, 0.15) is 0 Å². The van der Waals surface area contributed by atoms with Gasteiger partial charge < -0.3 is 5.32 Å². The molecule has 0 radical (unpaired) electrons. The van der Waals surface area contributed by atoms with E-state index < -0.39 is 17.6 Å². The van der Waals surface area contributed by atoms with E-state index in [4.69, 9.17) is 0 Å². The third-order valence-electron chi connectivity index (χ3n) is 4.08. The van der Waals surface area contributed by atoms with E-state index >= 15 is 0 Å². The summed E-state index contributed by atoms with van der Waals surface area (Å²) in [5.41, 5.74) is 3.29. The van der Waals surface area contributed by atoms with Gasteiger partial charge in [-0.2, -0.15) is 5.26 Å². The normalized spacial score (nSPS) is 11.4. The first-order valence-corrected chi connectivity index (χ1v) is 7.86. The maximum Gasteiger partial charge on any atom is 0.245 e. The standard InChI is InChI=1S/C20H20N2O2/c1-14-7-6-10-17(15(14)2)19(23)18(13-21)20(24)22-12-11-16-8-4-3-5-9-16/h3-10,18H,11-12H2,1-2H3,(H,22,24)/t18-/m1/s1. The molecular formula is C20H20N2O2. The number of hydrogen-bond acceptors (Lipinski definition) is 3. The van der Waals surface area contributed by atoms with E-state index in [1.807, 2.05) is 56.3 Å². The second kappa shape index (κ2) is 8.07. The van der Waals surface area contributed by atoms with Crippen molar-refractivity contribution in [3.05, 3.63) is 70.8 Å². The van der Waals surface area contributed by atoms with Gasteiger partial charge in [-0.3, -0.25) is 9.59 Å². The van der Waals surface area contributed by atoms with Gasteiger partial charge in [-0.25, -0.2) is 0 Å². The van der Waals surface area contributed by atoms with Crippen molar-refractivity contribution in [2.45, 2.75) is 20.3 Å². The van der Waals surface area contributed by atoms with Gasteiger partial charge in [0.2, 0.25) is 5.91 Å². The molecule has 2 aromatic rings. The molecule has 0 spiro atoms. The van der Waals surface area contributed by atoms with E-state index in [9.17, 15) is 14.9 Å². The molecule has 4 heteroatoms. The van der Waals surface area contributed by atoms with E-state index in [2.05, 4.69) is 5.32 Å². The van der Waals surface area contributed by atoms with Crippen LogP contribution < -0.4 is 5.32 Å². The molecule has 0 saturated carbocycles. The van der Waals surface area contributed by atoms with Crippen LogP contribution in [0.25, 0.3) is 0 Å². The molecule has 1 amide bonds. The Bertz CT molecular complexity index is 776.